The molecule has 0 bridgehead atoms. The molecule has 3 heterocycles. The van der Waals surface area contributed by atoms with Gasteiger partial charge < -0.3 is 24.1 Å². The highest BCUT2D eigenvalue weighted by atomic mass is 16.5. The molecule has 4 aromatic rings. The van der Waals surface area contributed by atoms with E-state index in [-0.39, 0.29) is 11.9 Å². The number of amides is 1. The van der Waals surface area contributed by atoms with Gasteiger partial charge in [0.15, 0.2) is 0 Å². The molecule has 7 heteroatoms. The van der Waals surface area contributed by atoms with Gasteiger partial charge in [-0.15, -0.1) is 0 Å². The van der Waals surface area contributed by atoms with Crippen LogP contribution in [-0.4, -0.2) is 60.2 Å². The van der Waals surface area contributed by atoms with Crippen LogP contribution in [0, 0.1) is 0 Å². The fourth-order valence-electron chi connectivity index (χ4n) is 6.74. The number of nitrogens with one attached hydrogen (secondary N) is 1. The van der Waals surface area contributed by atoms with Crippen LogP contribution >= 0.6 is 0 Å². The summed E-state index contributed by atoms with van der Waals surface area (Å²) < 4.78 is 9.79. The number of carbonyl (C=O) groups excluding carboxylic acids is 2. The van der Waals surface area contributed by atoms with Crippen LogP contribution < -0.4 is 5.32 Å². The highest BCUT2D eigenvalue weighted by Gasteiger charge is 2.30. The number of methoxy groups -OCH3 is 1. The molecule has 1 aliphatic heterocycles. The van der Waals surface area contributed by atoms with E-state index in [1.165, 1.54) is 61.4 Å². The number of nitrogens with zero attached hydrogens (tertiary/aromatic N) is 3. The van der Waals surface area contributed by atoms with Crippen LogP contribution in [0.3, 0.4) is 0 Å². The highest BCUT2D eigenvalue weighted by molar-refractivity contribution is 6.11. The minimum Gasteiger partial charge on any atom is -0.465 e. The Bertz CT molecular complexity index is 1550. The molecule has 204 valence electrons. The van der Waals surface area contributed by atoms with Gasteiger partial charge in [0.1, 0.15) is 0 Å². The molecule has 1 amide bonds. The Hall–Kier alpha value is -3.58. The number of aryl methyl sites for hydroxylation is 2. The van der Waals surface area contributed by atoms with Crippen molar-refractivity contribution in [2.75, 3.05) is 34.3 Å². The number of aromatic nitrogens is 2. The van der Waals surface area contributed by atoms with E-state index in [0.717, 1.165) is 48.0 Å². The number of fused-ring (bicyclic) bond motifs is 4. The van der Waals surface area contributed by atoms with Crippen molar-refractivity contribution in [1.82, 2.24) is 19.4 Å². The summed E-state index contributed by atoms with van der Waals surface area (Å²) in [6, 6.07) is 12.4. The van der Waals surface area contributed by atoms with Crippen molar-refractivity contribution in [2.24, 2.45) is 0 Å². The van der Waals surface area contributed by atoms with Crippen molar-refractivity contribution in [2.45, 2.75) is 57.5 Å². The zero-order valence-corrected chi connectivity index (χ0v) is 23.3. The number of carbonyl (C=O) groups is 2. The fourth-order valence-corrected chi connectivity index (χ4v) is 6.74. The van der Waals surface area contributed by atoms with Crippen LogP contribution in [0.2, 0.25) is 0 Å². The highest BCUT2D eigenvalue weighted by Crippen LogP contribution is 2.47. The smallest absolute Gasteiger partial charge is 0.337 e. The first kappa shape index (κ1) is 25.7. The normalized spacial score (nSPS) is 15.8. The first-order chi connectivity index (χ1) is 19.0. The average molecular weight is 527 g/mol. The Morgan fingerprint density at radius 2 is 1.85 bits per heavy atom. The van der Waals surface area contributed by atoms with Crippen molar-refractivity contribution in [1.29, 1.82) is 0 Å². The second-order valence-electron chi connectivity index (χ2n) is 11.3. The Kier molecular flexibility index (Phi) is 6.94. The first-order valence-corrected chi connectivity index (χ1v) is 14.3. The second kappa shape index (κ2) is 10.5. The molecule has 1 fully saturated rings. The van der Waals surface area contributed by atoms with Gasteiger partial charge in [-0.05, 0) is 57.0 Å². The largest absolute Gasteiger partial charge is 0.465 e. The number of ether oxygens (including phenoxy) is 1. The van der Waals surface area contributed by atoms with Crippen molar-refractivity contribution in [3.8, 4) is 11.3 Å². The van der Waals surface area contributed by atoms with Crippen LogP contribution in [-0.2, 0) is 17.8 Å². The topological polar surface area (TPSA) is 68.5 Å². The third-order valence-corrected chi connectivity index (χ3v) is 8.56. The van der Waals surface area contributed by atoms with Crippen molar-refractivity contribution < 1.29 is 14.3 Å². The van der Waals surface area contributed by atoms with Gasteiger partial charge in [-0.25, -0.2) is 4.79 Å². The van der Waals surface area contributed by atoms with Crippen molar-refractivity contribution in [3.63, 3.8) is 0 Å². The minimum absolute atomic E-state index is 0.0206. The zero-order valence-electron chi connectivity index (χ0n) is 23.3. The lowest BCUT2D eigenvalue weighted by Gasteiger charge is -2.25. The van der Waals surface area contributed by atoms with Crippen molar-refractivity contribution >= 4 is 33.7 Å². The standard InChI is InChI=1S/C32H38N4O3/c1-34(2)18-15-33-31(37)26-20-35-16-8-17-36-27-19-22(32(38)39-3)13-14-24(27)28(21-9-5-4-6-10-21)30(36)25-12-7-11-23(26)29(25)35/h7,11-14,19-21H,4-6,8-10,15-18H2,1-3H3,(H,33,37). The number of para-hydroxylation sites is 1. The predicted octanol–water partition coefficient (Wildman–Crippen LogP) is 5.79. The lowest BCUT2D eigenvalue weighted by atomic mass is 9.81. The zero-order chi connectivity index (χ0) is 27.1. The van der Waals surface area contributed by atoms with Crippen LogP contribution in [0.15, 0.2) is 42.6 Å². The molecule has 6 rings (SSSR count). The molecule has 0 unspecified atom stereocenters. The fraction of sp³-hybridized carbons (Fsp3) is 0.438. The molecule has 0 atom stereocenters. The maximum atomic E-state index is 13.3. The molecule has 2 aromatic carbocycles. The van der Waals surface area contributed by atoms with Gasteiger partial charge in [0.25, 0.3) is 5.91 Å². The van der Waals surface area contributed by atoms with Gasteiger partial charge in [0.2, 0.25) is 0 Å². The van der Waals surface area contributed by atoms with Gasteiger partial charge >= 0.3 is 5.97 Å². The summed E-state index contributed by atoms with van der Waals surface area (Å²) in [7, 11) is 5.46. The SMILES string of the molecule is COC(=O)c1ccc2c(C3CCCCC3)c3n(c2c1)CCCn1cc(C(=O)NCCN(C)C)c2cccc-3c21. The predicted molar refractivity (Wildman–Crippen MR) is 156 cm³/mol. The Morgan fingerprint density at radius 3 is 2.62 bits per heavy atom. The summed E-state index contributed by atoms with van der Waals surface area (Å²) >= 11 is 0. The van der Waals surface area contributed by atoms with E-state index in [2.05, 4.69) is 43.6 Å². The number of esters is 1. The third kappa shape index (κ3) is 4.52. The van der Waals surface area contributed by atoms with Crippen LogP contribution in [0.5, 0.6) is 0 Å². The molecule has 0 spiro atoms. The summed E-state index contributed by atoms with van der Waals surface area (Å²) in [4.78, 5) is 27.9. The second-order valence-corrected chi connectivity index (χ2v) is 11.3. The number of benzene rings is 2. The van der Waals surface area contributed by atoms with Crippen LogP contribution in [0.25, 0.3) is 33.1 Å². The number of likely N-dealkylation sites (N-methyl/N-ethyl adjacent to an activating group) is 1. The summed E-state index contributed by atoms with van der Waals surface area (Å²) in [5.74, 6) is 0.152. The quantitative estimate of drug-likeness (QED) is 0.323. The van der Waals surface area contributed by atoms with Crippen LogP contribution in [0.1, 0.15) is 70.7 Å². The van der Waals surface area contributed by atoms with Crippen LogP contribution in [0.4, 0.5) is 0 Å². The van der Waals surface area contributed by atoms with Gasteiger partial charge in [0.05, 0.1) is 29.4 Å². The summed E-state index contributed by atoms with van der Waals surface area (Å²) in [5.41, 5.74) is 7.39. The van der Waals surface area contributed by atoms with E-state index >= 15 is 0 Å². The van der Waals surface area contributed by atoms with E-state index in [1.807, 2.05) is 32.4 Å². The molecular weight excluding hydrogens is 488 g/mol. The Morgan fingerprint density at radius 1 is 1.03 bits per heavy atom. The number of hydrogen-bond donors (Lipinski definition) is 1. The maximum absolute atomic E-state index is 13.3. The van der Waals surface area contributed by atoms with Gasteiger partial charge in [-0.2, -0.15) is 0 Å². The maximum Gasteiger partial charge on any atom is 0.337 e. The van der Waals surface area contributed by atoms with Gasteiger partial charge in [-0.3, -0.25) is 4.79 Å². The molecule has 1 N–H and O–H groups in total. The molecule has 1 aliphatic carbocycles. The van der Waals surface area contributed by atoms with Crippen molar-refractivity contribution in [3.05, 3.63) is 59.3 Å². The minimum atomic E-state index is -0.307. The third-order valence-electron chi connectivity index (χ3n) is 8.56. The lowest BCUT2D eigenvalue weighted by Crippen LogP contribution is -2.31. The lowest BCUT2D eigenvalue weighted by molar-refractivity contribution is 0.0600. The molecule has 39 heavy (non-hydrogen) atoms. The van der Waals surface area contributed by atoms with E-state index in [4.69, 9.17) is 4.74 Å². The Labute approximate surface area is 229 Å². The molecule has 1 saturated carbocycles. The summed E-state index contributed by atoms with van der Waals surface area (Å²) in [5, 5.41) is 5.35. The van der Waals surface area contributed by atoms with Gasteiger partial charge in [0, 0.05) is 54.2 Å². The van der Waals surface area contributed by atoms with E-state index in [9.17, 15) is 9.59 Å². The molecule has 0 saturated heterocycles. The summed E-state index contributed by atoms with van der Waals surface area (Å²) in [6.45, 7) is 3.09. The summed E-state index contributed by atoms with van der Waals surface area (Å²) in [6.07, 6.45) is 9.13. The first-order valence-electron chi connectivity index (χ1n) is 14.3. The van der Waals surface area contributed by atoms with E-state index in [1.54, 1.807) is 0 Å². The van der Waals surface area contributed by atoms with Gasteiger partial charge in [-0.1, -0.05) is 43.5 Å². The van der Waals surface area contributed by atoms with E-state index in [0.29, 0.717) is 18.0 Å². The Balaban J connectivity index is 1.57. The molecule has 2 aliphatic rings. The monoisotopic (exact) mass is 526 g/mol. The number of rotatable bonds is 6. The average Bonchev–Trinajstić information content (AvgIpc) is 3.47. The van der Waals surface area contributed by atoms with E-state index < -0.39 is 0 Å². The molecule has 0 radical (unpaired) electrons. The molecule has 7 nitrogen and oxygen atoms in total. The molecule has 2 aromatic heterocycles. The number of hydrogen-bond acceptors (Lipinski definition) is 4. The molecular formula is C32H38N4O3.